The summed E-state index contributed by atoms with van der Waals surface area (Å²) in [7, 11) is 1.39. The molecule has 0 saturated heterocycles. The summed E-state index contributed by atoms with van der Waals surface area (Å²) in [6.07, 6.45) is 4.28. The SMILES string of the molecule is COC(=O)C1(N)CCCC(OCCC(C)(C)C)C1. The molecule has 1 aliphatic carbocycles. The quantitative estimate of drug-likeness (QED) is 0.785. The summed E-state index contributed by atoms with van der Waals surface area (Å²) in [4.78, 5) is 11.7. The highest BCUT2D eigenvalue weighted by atomic mass is 16.5. The van der Waals surface area contributed by atoms with Gasteiger partial charge in [-0.15, -0.1) is 0 Å². The number of rotatable bonds is 4. The summed E-state index contributed by atoms with van der Waals surface area (Å²) in [6.45, 7) is 7.31. The van der Waals surface area contributed by atoms with Gasteiger partial charge in [-0.2, -0.15) is 0 Å². The number of ether oxygens (including phenoxy) is 2. The van der Waals surface area contributed by atoms with Crippen LogP contribution >= 0.6 is 0 Å². The minimum Gasteiger partial charge on any atom is -0.468 e. The summed E-state index contributed by atoms with van der Waals surface area (Å²) >= 11 is 0. The predicted octanol–water partition coefficient (Wildman–Crippen LogP) is 2.25. The molecule has 1 fully saturated rings. The molecule has 0 aliphatic heterocycles. The van der Waals surface area contributed by atoms with Gasteiger partial charge in [0.15, 0.2) is 0 Å². The Morgan fingerprint density at radius 1 is 1.44 bits per heavy atom. The normalized spacial score (nSPS) is 29.1. The molecule has 0 bridgehead atoms. The van der Waals surface area contributed by atoms with Crippen molar-refractivity contribution in [3.05, 3.63) is 0 Å². The zero-order chi connectivity index (χ0) is 13.8. The van der Waals surface area contributed by atoms with Crippen molar-refractivity contribution in [2.75, 3.05) is 13.7 Å². The van der Waals surface area contributed by atoms with Crippen molar-refractivity contribution in [2.45, 2.75) is 64.5 Å². The maximum atomic E-state index is 11.7. The lowest BCUT2D eigenvalue weighted by Gasteiger charge is -2.35. The van der Waals surface area contributed by atoms with Crippen molar-refractivity contribution in [3.8, 4) is 0 Å². The van der Waals surface area contributed by atoms with Gasteiger partial charge in [0.2, 0.25) is 0 Å². The van der Waals surface area contributed by atoms with Crippen LogP contribution in [-0.2, 0) is 14.3 Å². The average Bonchev–Trinajstić information content (AvgIpc) is 2.26. The van der Waals surface area contributed by atoms with Crippen LogP contribution in [0.25, 0.3) is 0 Å². The highest BCUT2D eigenvalue weighted by Crippen LogP contribution is 2.30. The third-order valence-electron chi connectivity index (χ3n) is 3.54. The first-order valence-corrected chi connectivity index (χ1v) is 6.76. The Morgan fingerprint density at radius 2 is 2.11 bits per heavy atom. The molecule has 0 radical (unpaired) electrons. The van der Waals surface area contributed by atoms with Crippen LogP contribution in [0.3, 0.4) is 0 Å². The number of hydrogen-bond acceptors (Lipinski definition) is 4. The van der Waals surface area contributed by atoms with Crippen LogP contribution in [0, 0.1) is 5.41 Å². The molecular formula is C14H27NO3. The van der Waals surface area contributed by atoms with E-state index in [1.807, 2.05) is 0 Å². The van der Waals surface area contributed by atoms with Gasteiger partial charge in [-0.3, -0.25) is 4.79 Å². The van der Waals surface area contributed by atoms with Gasteiger partial charge in [0.05, 0.1) is 13.2 Å². The lowest BCUT2D eigenvalue weighted by molar-refractivity contribution is -0.150. The predicted molar refractivity (Wildman–Crippen MR) is 71.2 cm³/mol. The van der Waals surface area contributed by atoms with Crippen molar-refractivity contribution in [1.29, 1.82) is 0 Å². The molecule has 0 aromatic rings. The number of carbonyl (C=O) groups excluding carboxylic acids is 1. The Hall–Kier alpha value is -0.610. The van der Waals surface area contributed by atoms with Crippen molar-refractivity contribution in [3.63, 3.8) is 0 Å². The van der Waals surface area contributed by atoms with E-state index in [0.29, 0.717) is 12.8 Å². The molecule has 0 heterocycles. The minimum absolute atomic E-state index is 0.0881. The van der Waals surface area contributed by atoms with Gasteiger partial charge in [-0.05, 0) is 31.1 Å². The first-order chi connectivity index (χ1) is 8.27. The number of esters is 1. The fraction of sp³-hybridized carbons (Fsp3) is 0.929. The van der Waals surface area contributed by atoms with Gasteiger partial charge in [-0.25, -0.2) is 0 Å². The van der Waals surface area contributed by atoms with Gasteiger partial charge in [-0.1, -0.05) is 20.8 Å². The van der Waals surface area contributed by atoms with E-state index in [4.69, 9.17) is 15.2 Å². The molecule has 2 atom stereocenters. The van der Waals surface area contributed by atoms with E-state index in [1.165, 1.54) is 7.11 Å². The number of carbonyl (C=O) groups is 1. The largest absolute Gasteiger partial charge is 0.468 e. The number of hydrogen-bond donors (Lipinski definition) is 1. The number of methoxy groups -OCH3 is 1. The molecule has 1 rings (SSSR count). The van der Waals surface area contributed by atoms with Crippen molar-refractivity contribution in [1.82, 2.24) is 0 Å². The van der Waals surface area contributed by atoms with Crippen LogP contribution in [0.1, 0.15) is 52.9 Å². The summed E-state index contributed by atoms with van der Waals surface area (Å²) in [5.41, 5.74) is 5.53. The van der Waals surface area contributed by atoms with Gasteiger partial charge in [0, 0.05) is 13.0 Å². The smallest absolute Gasteiger partial charge is 0.325 e. The molecule has 2 unspecified atom stereocenters. The first-order valence-electron chi connectivity index (χ1n) is 6.76. The van der Waals surface area contributed by atoms with Crippen LogP contribution in [0.15, 0.2) is 0 Å². The van der Waals surface area contributed by atoms with E-state index in [1.54, 1.807) is 0 Å². The molecule has 4 heteroatoms. The topological polar surface area (TPSA) is 61.5 Å². The lowest BCUT2D eigenvalue weighted by Crippen LogP contribution is -2.53. The lowest BCUT2D eigenvalue weighted by atomic mass is 9.81. The summed E-state index contributed by atoms with van der Waals surface area (Å²) in [5.74, 6) is -0.313. The standard InChI is InChI=1S/C14H27NO3/c1-13(2,3)8-9-18-11-6-5-7-14(15,10-11)12(16)17-4/h11H,5-10,15H2,1-4H3. The Morgan fingerprint density at radius 3 is 2.67 bits per heavy atom. The Labute approximate surface area is 110 Å². The van der Waals surface area contributed by atoms with E-state index in [0.717, 1.165) is 25.9 Å². The molecule has 0 aromatic heterocycles. The van der Waals surface area contributed by atoms with E-state index >= 15 is 0 Å². The summed E-state index contributed by atoms with van der Waals surface area (Å²) in [6, 6.07) is 0. The Balaban J connectivity index is 2.42. The third-order valence-corrected chi connectivity index (χ3v) is 3.54. The Bertz CT molecular complexity index is 285. The molecule has 1 saturated carbocycles. The molecule has 1 aliphatic rings. The van der Waals surface area contributed by atoms with Crippen molar-refractivity contribution < 1.29 is 14.3 Å². The van der Waals surface area contributed by atoms with Crippen LogP contribution in [0.4, 0.5) is 0 Å². The van der Waals surface area contributed by atoms with Gasteiger partial charge in [0.1, 0.15) is 5.54 Å². The molecule has 0 spiro atoms. The molecule has 106 valence electrons. The van der Waals surface area contributed by atoms with Crippen LogP contribution in [-0.4, -0.2) is 31.3 Å². The van der Waals surface area contributed by atoms with Crippen LogP contribution in [0.5, 0.6) is 0 Å². The number of nitrogens with two attached hydrogens (primary N) is 1. The highest BCUT2D eigenvalue weighted by Gasteiger charge is 2.40. The van der Waals surface area contributed by atoms with Gasteiger partial charge in [0.25, 0.3) is 0 Å². The third kappa shape index (κ3) is 4.58. The van der Waals surface area contributed by atoms with Crippen molar-refractivity contribution >= 4 is 5.97 Å². The Kier molecular flexibility index (Phi) is 5.17. The highest BCUT2D eigenvalue weighted by molar-refractivity contribution is 5.80. The maximum absolute atomic E-state index is 11.7. The fourth-order valence-corrected chi connectivity index (χ4v) is 2.32. The van der Waals surface area contributed by atoms with Gasteiger partial charge >= 0.3 is 5.97 Å². The van der Waals surface area contributed by atoms with E-state index in [2.05, 4.69) is 20.8 Å². The second kappa shape index (κ2) is 6.02. The van der Waals surface area contributed by atoms with Gasteiger partial charge < -0.3 is 15.2 Å². The zero-order valence-electron chi connectivity index (χ0n) is 12.1. The fourth-order valence-electron chi connectivity index (χ4n) is 2.32. The summed E-state index contributed by atoms with van der Waals surface area (Å²) < 4.78 is 10.6. The molecule has 2 N–H and O–H groups in total. The molecule has 0 amide bonds. The maximum Gasteiger partial charge on any atom is 0.325 e. The average molecular weight is 257 g/mol. The zero-order valence-corrected chi connectivity index (χ0v) is 12.1. The molecule has 0 aromatic carbocycles. The van der Waals surface area contributed by atoms with E-state index in [-0.39, 0.29) is 17.5 Å². The molecule has 18 heavy (non-hydrogen) atoms. The van der Waals surface area contributed by atoms with Crippen LogP contribution < -0.4 is 5.73 Å². The second-order valence-electron chi connectivity index (χ2n) is 6.55. The molecular weight excluding hydrogens is 230 g/mol. The van der Waals surface area contributed by atoms with Crippen molar-refractivity contribution in [2.24, 2.45) is 11.1 Å². The summed E-state index contributed by atoms with van der Waals surface area (Å²) in [5, 5.41) is 0. The molecule has 4 nitrogen and oxygen atoms in total. The monoisotopic (exact) mass is 257 g/mol. The van der Waals surface area contributed by atoms with E-state index < -0.39 is 5.54 Å². The van der Waals surface area contributed by atoms with E-state index in [9.17, 15) is 4.79 Å². The first kappa shape index (κ1) is 15.4. The van der Waals surface area contributed by atoms with Crippen LogP contribution in [0.2, 0.25) is 0 Å². The second-order valence-corrected chi connectivity index (χ2v) is 6.55. The minimum atomic E-state index is -0.848.